The van der Waals surface area contributed by atoms with Crippen LogP contribution in [0, 0.1) is 0 Å². The van der Waals surface area contributed by atoms with Crippen LogP contribution < -0.4 is 10.6 Å². The monoisotopic (exact) mass is 319 g/mol. The van der Waals surface area contributed by atoms with Crippen LogP contribution in [0.5, 0.6) is 0 Å². The number of rotatable bonds is 6. The molecule has 2 unspecified atom stereocenters. The number of halogens is 1. The molecule has 0 saturated carbocycles. The van der Waals surface area contributed by atoms with Crippen LogP contribution in [0.2, 0.25) is 0 Å². The number of carbonyl (C=O) groups excluding carboxylic acids is 2. The molecule has 0 bridgehead atoms. The highest BCUT2D eigenvalue weighted by Crippen LogP contribution is 2.10. The van der Waals surface area contributed by atoms with E-state index < -0.39 is 6.04 Å². The second-order valence-corrected chi connectivity index (χ2v) is 5.59. The van der Waals surface area contributed by atoms with E-state index >= 15 is 0 Å². The summed E-state index contributed by atoms with van der Waals surface area (Å²) in [6.45, 7) is 2.20. The average molecular weight is 320 g/mol. The summed E-state index contributed by atoms with van der Waals surface area (Å²) in [5, 5.41) is 5.72. The summed E-state index contributed by atoms with van der Waals surface area (Å²) in [6, 6.07) is 6.86. The number of aliphatic imine (C=N–C) groups is 1. The molecule has 1 aromatic carbocycles. The second-order valence-electron chi connectivity index (χ2n) is 5.03. The van der Waals surface area contributed by atoms with Crippen molar-refractivity contribution in [1.29, 1.82) is 0 Å². The van der Waals surface area contributed by atoms with E-state index in [1.165, 1.54) is 0 Å². The summed E-state index contributed by atoms with van der Waals surface area (Å²) >= 11 is 5.88. The quantitative estimate of drug-likeness (QED) is 0.622. The Morgan fingerprint density at radius 3 is 2.95 bits per heavy atom. The number of aldehydes is 1. The Morgan fingerprint density at radius 1 is 1.50 bits per heavy atom. The molecule has 5 nitrogen and oxygen atoms in total. The molecule has 0 spiro atoms. The number of carbonyl (C=O) groups is 2. The molecule has 2 N–H and O–H groups in total. The van der Waals surface area contributed by atoms with Crippen LogP contribution in [0.3, 0.4) is 0 Å². The van der Waals surface area contributed by atoms with Crippen molar-refractivity contribution in [3.05, 3.63) is 47.3 Å². The van der Waals surface area contributed by atoms with Crippen LogP contribution in [0.25, 0.3) is 0 Å². The van der Waals surface area contributed by atoms with Crippen molar-refractivity contribution in [2.24, 2.45) is 4.99 Å². The number of benzene rings is 1. The van der Waals surface area contributed by atoms with Crippen molar-refractivity contribution < 1.29 is 9.59 Å². The number of allylic oxidation sites excluding steroid dienone is 1. The highest BCUT2D eigenvalue weighted by Gasteiger charge is 2.15. The minimum atomic E-state index is -0.412. The summed E-state index contributed by atoms with van der Waals surface area (Å²) in [4.78, 5) is 27.1. The van der Waals surface area contributed by atoms with Gasteiger partial charge in [-0.3, -0.25) is 9.59 Å². The fraction of sp³-hybridized carbons (Fsp3) is 0.312. The lowest BCUT2D eigenvalue weighted by molar-refractivity contribution is -0.122. The van der Waals surface area contributed by atoms with Gasteiger partial charge in [-0.25, -0.2) is 4.99 Å². The SMILES string of the molecule is CC(NCc1ccccc1C=O)C(=O)NC1=CCC(Cl)C=N1. The van der Waals surface area contributed by atoms with Gasteiger partial charge in [-0.1, -0.05) is 24.3 Å². The molecule has 1 aliphatic heterocycles. The van der Waals surface area contributed by atoms with E-state index in [0.717, 1.165) is 11.8 Å². The first-order chi connectivity index (χ1) is 10.6. The summed E-state index contributed by atoms with van der Waals surface area (Å²) in [5.41, 5.74) is 1.48. The molecule has 0 aliphatic carbocycles. The Labute approximate surface area is 134 Å². The van der Waals surface area contributed by atoms with Crippen LogP contribution in [0.15, 0.2) is 41.2 Å². The first-order valence-corrected chi connectivity index (χ1v) is 7.49. The summed E-state index contributed by atoms with van der Waals surface area (Å²) < 4.78 is 0. The van der Waals surface area contributed by atoms with Crippen LogP contribution >= 0.6 is 11.6 Å². The maximum Gasteiger partial charge on any atom is 0.242 e. The van der Waals surface area contributed by atoms with E-state index in [2.05, 4.69) is 15.6 Å². The third-order valence-corrected chi connectivity index (χ3v) is 3.63. The molecule has 1 amide bonds. The molecular formula is C16H18ClN3O2. The summed E-state index contributed by atoms with van der Waals surface area (Å²) in [5.74, 6) is 0.337. The molecule has 116 valence electrons. The van der Waals surface area contributed by atoms with Gasteiger partial charge in [-0.05, 0) is 25.0 Å². The predicted molar refractivity (Wildman–Crippen MR) is 87.1 cm³/mol. The van der Waals surface area contributed by atoms with E-state index in [1.807, 2.05) is 12.1 Å². The largest absolute Gasteiger partial charge is 0.310 e. The Hall–Kier alpha value is -1.98. The van der Waals surface area contributed by atoms with Crippen LogP contribution in [0.1, 0.15) is 29.3 Å². The lowest BCUT2D eigenvalue weighted by atomic mass is 10.1. The molecule has 2 rings (SSSR count). The lowest BCUT2D eigenvalue weighted by Crippen LogP contribution is -2.41. The van der Waals surface area contributed by atoms with Crippen LogP contribution in [-0.2, 0) is 11.3 Å². The zero-order valence-electron chi connectivity index (χ0n) is 12.3. The van der Waals surface area contributed by atoms with Crippen molar-refractivity contribution in [2.45, 2.75) is 31.3 Å². The Bertz CT molecular complexity index is 613. The minimum Gasteiger partial charge on any atom is -0.310 e. The van der Waals surface area contributed by atoms with Gasteiger partial charge in [-0.2, -0.15) is 0 Å². The van der Waals surface area contributed by atoms with Gasteiger partial charge < -0.3 is 10.6 Å². The zero-order valence-corrected chi connectivity index (χ0v) is 13.0. The minimum absolute atomic E-state index is 0.115. The van der Waals surface area contributed by atoms with Gasteiger partial charge in [0.2, 0.25) is 5.91 Å². The third-order valence-electron chi connectivity index (χ3n) is 3.34. The molecule has 0 aromatic heterocycles. The van der Waals surface area contributed by atoms with Crippen molar-refractivity contribution in [2.75, 3.05) is 0 Å². The van der Waals surface area contributed by atoms with E-state index in [0.29, 0.717) is 24.4 Å². The third kappa shape index (κ3) is 4.51. The molecule has 1 aliphatic rings. The highest BCUT2D eigenvalue weighted by atomic mass is 35.5. The van der Waals surface area contributed by atoms with E-state index in [-0.39, 0.29) is 11.3 Å². The summed E-state index contributed by atoms with van der Waals surface area (Å²) in [6.07, 6.45) is 4.86. The van der Waals surface area contributed by atoms with Gasteiger partial charge in [-0.15, -0.1) is 11.6 Å². The van der Waals surface area contributed by atoms with E-state index in [4.69, 9.17) is 11.6 Å². The molecule has 6 heteroatoms. The zero-order chi connectivity index (χ0) is 15.9. The topological polar surface area (TPSA) is 70.6 Å². The van der Waals surface area contributed by atoms with E-state index in [1.54, 1.807) is 31.3 Å². The Morgan fingerprint density at radius 2 is 2.27 bits per heavy atom. The molecule has 22 heavy (non-hydrogen) atoms. The van der Waals surface area contributed by atoms with Crippen molar-refractivity contribution in [3.8, 4) is 0 Å². The first-order valence-electron chi connectivity index (χ1n) is 7.06. The summed E-state index contributed by atoms with van der Waals surface area (Å²) in [7, 11) is 0. The number of hydrogen-bond donors (Lipinski definition) is 2. The first kappa shape index (κ1) is 16.4. The Kier molecular flexibility index (Phi) is 5.86. The molecule has 0 saturated heterocycles. The highest BCUT2D eigenvalue weighted by molar-refractivity contribution is 6.28. The molecular weight excluding hydrogens is 302 g/mol. The average Bonchev–Trinajstić information content (AvgIpc) is 2.54. The number of nitrogens with zero attached hydrogens (tertiary/aromatic N) is 1. The standard InChI is InChI=1S/C16H18ClN3O2/c1-11(16(22)20-15-7-6-14(17)9-19-15)18-8-12-4-2-3-5-13(12)10-21/h2-5,7,9-11,14,18H,6,8H2,1H3,(H,20,22). The van der Waals surface area contributed by atoms with Gasteiger partial charge >= 0.3 is 0 Å². The maximum atomic E-state index is 12.1. The lowest BCUT2D eigenvalue weighted by Gasteiger charge is -2.16. The molecule has 2 atom stereocenters. The fourth-order valence-electron chi connectivity index (χ4n) is 1.98. The molecule has 1 aromatic rings. The van der Waals surface area contributed by atoms with E-state index in [9.17, 15) is 9.59 Å². The van der Waals surface area contributed by atoms with Gasteiger partial charge in [0.05, 0.1) is 11.4 Å². The number of alkyl halides is 1. The van der Waals surface area contributed by atoms with Gasteiger partial charge in [0.25, 0.3) is 0 Å². The van der Waals surface area contributed by atoms with Gasteiger partial charge in [0.1, 0.15) is 12.1 Å². The fourth-order valence-corrected chi connectivity index (χ4v) is 2.13. The van der Waals surface area contributed by atoms with Crippen molar-refractivity contribution >= 4 is 30.0 Å². The Balaban J connectivity index is 1.86. The smallest absolute Gasteiger partial charge is 0.242 e. The van der Waals surface area contributed by atoms with Crippen LogP contribution in [0.4, 0.5) is 0 Å². The predicted octanol–water partition coefficient (Wildman–Crippen LogP) is 2.02. The number of hydrogen-bond acceptors (Lipinski definition) is 4. The number of amides is 1. The van der Waals surface area contributed by atoms with Crippen molar-refractivity contribution in [1.82, 2.24) is 10.6 Å². The molecule has 0 fully saturated rings. The number of nitrogens with one attached hydrogen (secondary N) is 2. The van der Waals surface area contributed by atoms with Crippen molar-refractivity contribution in [3.63, 3.8) is 0 Å². The normalized spacial score (nSPS) is 18.5. The van der Waals surface area contributed by atoms with Gasteiger partial charge in [0.15, 0.2) is 0 Å². The molecule has 1 heterocycles. The van der Waals surface area contributed by atoms with Gasteiger partial charge in [0, 0.05) is 18.3 Å². The maximum absolute atomic E-state index is 12.1. The molecule has 0 radical (unpaired) electrons. The second kappa shape index (κ2) is 7.87. The van der Waals surface area contributed by atoms with Crippen LogP contribution in [-0.4, -0.2) is 29.8 Å².